The van der Waals surface area contributed by atoms with E-state index in [0.29, 0.717) is 42.7 Å². The van der Waals surface area contributed by atoms with Crippen molar-refractivity contribution >= 4 is 29.4 Å². The molecule has 11 heteroatoms. The number of alkyl halides is 1. The largest absolute Gasteiger partial charge is 0.458 e. The molecule has 1 amide bonds. The second-order valence-corrected chi connectivity index (χ2v) is 12.0. The van der Waals surface area contributed by atoms with E-state index in [0.717, 1.165) is 0 Å². The molecule has 0 saturated carbocycles. The van der Waals surface area contributed by atoms with Gasteiger partial charge in [-0.2, -0.15) is 0 Å². The summed E-state index contributed by atoms with van der Waals surface area (Å²) in [5.74, 6) is -3.42. The Morgan fingerprint density at radius 2 is 1.50 bits per heavy atom. The van der Waals surface area contributed by atoms with Crippen molar-refractivity contribution in [3.8, 4) is 0 Å². The number of nitrogens with zero attached hydrogens (tertiary/aromatic N) is 1. The van der Waals surface area contributed by atoms with E-state index >= 15 is 4.39 Å². The third-order valence-corrected chi connectivity index (χ3v) is 8.72. The van der Waals surface area contributed by atoms with Crippen LogP contribution >= 0.6 is 11.6 Å². The Morgan fingerprint density at radius 1 is 0.938 bits per heavy atom. The number of carbonyl (C=O) groups excluding carboxylic acids is 3. The zero-order valence-corrected chi connectivity index (χ0v) is 27.4. The summed E-state index contributed by atoms with van der Waals surface area (Å²) >= 11 is 6.35. The summed E-state index contributed by atoms with van der Waals surface area (Å²) in [6.07, 6.45) is 2.69. The highest BCUT2D eigenvalue weighted by Gasteiger charge is 2.53. The fraction of sp³-hybridized carbons (Fsp3) is 0.297. The van der Waals surface area contributed by atoms with Crippen molar-refractivity contribution in [1.82, 2.24) is 9.88 Å². The summed E-state index contributed by atoms with van der Waals surface area (Å²) in [6.45, 7) is 3.70. The lowest BCUT2D eigenvalue weighted by Crippen LogP contribution is -2.43. The van der Waals surface area contributed by atoms with Crippen LogP contribution in [0.5, 0.6) is 0 Å². The minimum atomic E-state index is -3.32. The monoisotopic (exact) mass is 674 g/mol. The maximum Gasteiger partial charge on any atom is 0.361 e. The van der Waals surface area contributed by atoms with E-state index in [9.17, 15) is 19.2 Å². The van der Waals surface area contributed by atoms with Gasteiger partial charge in [-0.1, -0.05) is 90.5 Å². The van der Waals surface area contributed by atoms with Crippen molar-refractivity contribution in [2.45, 2.75) is 57.7 Å². The number of hydrogen-bond donors (Lipinski definition) is 1. The number of hydrogen-bond acceptors (Lipinski definition) is 7. The molecule has 1 saturated heterocycles. The Hall–Kier alpha value is -4.80. The summed E-state index contributed by atoms with van der Waals surface area (Å²) in [6, 6.07) is 22.2. The first kappa shape index (κ1) is 34.5. The van der Waals surface area contributed by atoms with Crippen molar-refractivity contribution in [1.29, 1.82) is 0 Å². The minimum absolute atomic E-state index is 0.0106. The molecule has 0 unspecified atom stereocenters. The molecule has 1 aliphatic rings. The molecule has 0 spiro atoms. The molecule has 1 aliphatic heterocycles. The smallest absolute Gasteiger partial charge is 0.361 e. The molecule has 0 aliphatic carbocycles. The highest BCUT2D eigenvalue weighted by Crippen LogP contribution is 2.36. The number of rotatable bonds is 11. The van der Waals surface area contributed by atoms with Gasteiger partial charge in [-0.15, -0.1) is 0 Å². The van der Waals surface area contributed by atoms with E-state index in [1.54, 1.807) is 80.6 Å². The van der Waals surface area contributed by atoms with Gasteiger partial charge in [0.2, 0.25) is 0 Å². The van der Waals surface area contributed by atoms with Crippen molar-refractivity contribution < 1.29 is 33.0 Å². The molecule has 0 bridgehead atoms. The van der Waals surface area contributed by atoms with Gasteiger partial charge < -0.3 is 24.1 Å². The van der Waals surface area contributed by atoms with Gasteiger partial charge in [-0.25, -0.2) is 14.0 Å². The number of esters is 2. The zero-order chi connectivity index (χ0) is 34.3. The molecule has 1 N–H and O–H groups in total. The van der Waals surface area contributed by atoms with Gasteiger partial charge in [0.15, 0.2) is 0 Å². The van der Waals surface area contributed by atoms with Gasteiger partial charge >= 0.3 is 17.6 Å². The fourth-order valence-corrected chi connectivity index (χ4v) is 5.97. The molecule has 1 atom stereocenters. The van der Waals surface area contributed by atoms with Gasteiger partial charge in [0.05, 0.1) is 16.6 Å². The Bertz CT molecular complexity index is 1770. The minimum Gasteiger partial charge on any atom is -0.458 e. The van der Waals surface area contributed by atoms with Crippen LogP contribution in [-0.2, 0) is 42.7 Å². The summed E-state index contributed by atoms with van der Waals surface area (Å²) in [7, 11) is 0. The normalized spacial score (nSPS) is 14.2. The van der Waals surface area contributed by atoms with E-state index in [1.165, 1.54) is 29.0 Å². The van der Waals surface area contributed by atoms with Crippen LogP contribution in [0.4, 0.5) is 4.39 Å². The van der Waals surface area contributed by atoms with Crippen molar-refractivity contribution in [3.63, 3.8) is 0 Å². The second-order valence-electron chi connectivity index (χ2n) is 11.6. The quantitative estimate of drug-likeness (QED) is 0.147. The maximum absolute atomic E-state index is 17.2. The number of pyridine rings is 1. The predicted molar refractivity (Wildman–Crippen MR) is 177 cm³/mol. The lowest BCUT2D eigenvalue weighted by atomic mass is 9.87. The molecule has 3 aromatic carbocycles. The number of benzene rings is 3. The number of nitrogens with one attached hydrogen (secondary N) is 1. The fourth-order valence-electron chi connectivity index (χ4n) is 5.74. The first-order chi connectivity index (χ1) is 23.1. The molecular weight excluding hydrogens is 639 g/mol. The summed E-state index contributed by atoms with van der Waals surface area (Å²) in [5, 5.41) is 2.85. The van der Waals surface area contributed by atoms with Crippen molar-refractivity contribution in [3.05, 3.63) is 140 Å². The summed E-state index contributed by atoms with van der Waals surface area (Å²) < 4.78 is 34.8. The summed E-state index contributed by atoms with van der Waals surface area (Å²) in [5.41, 5.74) is -1.94. The Kier molecular flexibility index (Phi) is 11.1. The number of aromatic nitrogens is 1. The average molecular weight is 675 g/mol. The number of carbonyl (C=O) groups is 3. The Morgan fingerprint density at radius 3 is 2.06 bits per heavy atom. The molecular formula is C37H36ClFN2O7. The molecule has 5 rings (SSSR count). The zero-order valence-electron chi connectivity index (χ0n) is 26.6. The van der Waals surface area contributed by atoms with E-state index in [1.807, 2.05) is 0 Å². The maximum atomic E-state index is 17.2. The lowest BCUT2D eigenvalue weighted by Gasteiger charge is -2.27. The van der Waals surface area contributed by atoms with E-state index < -0.39 is 29.6 Å². The standard InChI is InChI=1S/C37H36ClFN2O7/c1-24-29(25(2)40-34(43)30-21-41(33(42)20-32(30)38)28-16-18-46-19-17-28)14-9-15-31(24)37(39,35(44)47-22-26-10-5-3-6-11-26)36(45)48-23-27-12-7-4-8-13-27/h3-15,20-21,25,28H,16-19,22-23H2,1-2H3,(H,40,43)/t25-/m1/s1. The third kappa shape index (κ3) is 7.67. The van der Waals surface area contributed by atoms with Crippen LogP contribution in [0.25, 0.3) is 0 Å². The molecule has 250 valence electrons. The number of halogens is 2. The van der Waals surface area contributed by atoms with E-state index in [4.69, 9.17) is 25.8 Å². The van der Waals surface area contributed by atoms with Gasteiger partial charge in [0, 0.05) is 37.1 Å². The lowest BCUT2D eigenvalue weighted by molar-refractivity contribution is -0.177. The van der Waals surface area contributed by atoms with Crippen LogP contribution in [0, 0.1) is 6.92 Å². The van der Waals surface area contributed by atoms with Crippen molar-refractivity contribution in [2.24, 2.45) is 0 Å². The first-order valence-electron chi connectivity index (χ1n) is 15.6. The molecule has 1 aromatic heterocycles. The SMILES string of the molecule is Cc1c([C@@H](C)NC(=O)c2cn(C3CCOCC3)c(=O)cc2Cl)cccc1C(F)(C(=O)OCc1ccccc1)C(=O)OCc1ccccc1. The average Bonchev–Trinajstić information content (AvgIpc) is 3.10. The summed E-state index contributed by atoms with van der Waals surface area (Å²) in [4.78, 5) is 53.2. The van der Waals surface area contributed by atoms with Crippen molar-refractivity contribution in [2.75, 3.05) is 13.2 Å². The van der Waals surface area contributed by atoms with Crippen LogP contribution < -0.4 is 10.9 Å². The first-order valence-corrected chi connectivity index (χ1v) is 16.0. The second kappa shape index (κ2) is 15.4. The third-order valence-electron chi connectivity index (χ3n) is 8.41. The highest BCUT2D eigenvalue weighted by atomic mass is 35.5. The van der Waals surface area contributed by atoms with Gasteiger partial charge in [0.25, 0.3) is 11.5 Å². The molecule has 2 heterocycles. The number of amides is 1. The topological polar surface area (TPSA) is 113 Å². The van der Waals surface area contributed by atoms with Gasteiger partial charge in [-0.3, -0.25) is 9.59 Å². The number of ether oxygens (including phenoxy) is 3. The van der Waals surface area contributed by atoms with Crippen LogP contribution in [-0.4, -0.2) is 35.6 Å². The molecule has 0 radical (unpaired) electrons. The van der Waals surface area contributed by atoms with Crippen LogP contribution in [0.15, 0.2) is 95.9 Å². The van der Waals surface area contributed by atoms with Crippen LogP contribution in [0.2, 0.25) is 5.02 Å². The molecule has 1 fully saturated rings. The van der Waals surface area contributed by atoms with Crippen LogP contribution in [0.3, 0.4) is 0 Å². The Balaban J connectivity index is 1.42. The van der Waals surface area contributed by atoms with Gasteiger partial charge in [0.1, 0.15) is 13.2 Å². The Labute approximate surface area is 282 Å². The van der Waals surface area contributed by atoms with Gasteiger partial charge in [-0.05, 0) is 48.9 Å². The predicted octanol–water partition coefficient (Wildman–Crippen LogP) is 6.30. The molecule has 9 nitrogen and oxygen atoms in total. The van der Waals surface area contributed by atoms with E-state index in [-0.39, 0.29) is 46.5 Å². The van der Waals surface area contributed by atoms with E-state index in [2.05, 4.69) is 5.32 Å². The van der Waals surface area contributed by atoms with Crippen LogP contribution in [0.1, 0.15) is 70.0 Å². The molecule has 48 heavy (non-hydrogen) atoms. The highest BCUT2D eigenvalue weighted by molar-refractivity contribution is 6.33. The molecule has 4 aromatic rings.